The first-order valence-electron chi connectivity index (χ1n) is 5.02. The summed E-state index contributed by atoms with van der Waals surface area (Å²) in [7, 11) is 0. The molecule has 0 fully saturated rings. The van der Waals surface area contributed by atoms with Gasteiger partial charge in [0.05, 0.1) is 17.9 Å². The van der Waals surface area contributed by atoms with Gasteiger partial charge in [-0.3, -0.25) is 0 Å². The highest BCUT2D eigenvalue weighted by molar-refractivity contribution is 5.67. The van der Waals surface area contributed by atoms with Gasteiger partial charge in [0.15, 0.2) is 0 Å². The molecule has 0 aliphatic carbocycles. The Kier molecular flexibility index (Phi) is 4.34. The summed E-state index contributed by atoms with van der Waals surface area (Å²) in [6, 6.07) is 7.10. The minimum Gasteiger partial charge on any atom is -0.397 e. The van der Waals surface area contributed by atoms with E-state index in [1.807, 2.05) is 6.92 Å². The predicted octanol–water partition coefficient (Wildman–Crippen LogP) is 2.75. The second-order valence-electron chi connectivity index (χ2n) is 3.40. The Labute approximate surface area is 88.7 Å². The Bertz CT molecular complexity index is 302. The molecule has 4 heteroatoms. The number of para-hydroxylation sites is 2. The normalized spacial score (nSPS) is 10.7. The van der Waals surface area contributed by atoms with Crippen molar-refractivity contribution in [2.45, 2.75) is 19.8 Å². The number of benzene rings is 1. The van der Waals surface area contributed by atoms with E-state index in [0.29, 0.717) is 17.9 Å². The Hall–Kier alpha value is -1.32. The lowest BCUT2D eigenvalue weighted by Crippen LogP contribution is -2.30. The molecule has 0 atom stereocenters. The average molecular weight is 214 g/mol. The standard InChI is InChI=1S/C11H16F2N2/c1-2-7-15(8-11(12)13)10-6-4-3-5-9(10)14/h3-6,11H,2,7-8,14H2,1H3. The van der Waals surface area contributed by atoms with E-state index in [-0.39, 0.29) is 6.54 Å². The number of hydrogen-bond acceptors (Lipinski definition) is 2. The molecule has 1 rings (SSSR count). The van der Waals surface area contributed by atoms with Crippen molar-refractivity contribution in [1.29, 1.82) is 0 Å². The van der Waals surface area contributed by atoms with Crippen molar-refractivity contribution in [3.05, 3.63) is 24.3 Å². The first-order chi connectivity index (χ1) is 7.15. The van der Waals surface area contributed by atoms with Crippen molar-refractivity contribution < 1.29 is 8.78 Å². The fraction of sp³-hybridized carbons (Fsp3) is 0.455. The Balaban J connectivity index is 2.83. The summed E-state index contributed by atoms with van der Waals surface area (Å²) in [6.07, 6.45) is -1.52. The molecule has 0 spiro atoms. The SMILES string of the molecule is CCCN(CC(F)F)c1ccccc1N. The van der Waals surface area contributed by atoms with Crippen LogP contribution < -0.4 is 10.6 Å². The largest absolute Gasteiger partial charge is 0.397 e. The van der Waals surface area contributed by atoms with E-state index >= 15 is 0 Å². The predicted molar refractivity (Wildman–Crippen MR) is 59.4 cm³/mol. The van der Waals surface area contributed by atoms with Gasteiger partial charge in [0, 0.05) is 6.54 Å². The lowest BCUT2D eigenvalue weighted by Gasteiger charge is -2.25. The highest BCUT2D eigenvalue weighted by atomic mass is 19.3. The summed E-state index contributed by atoms with van der Waals surface area (Å²) < 4.78 is 24.7. The van der Waals surface area contributed by atoms with E-state index in [2.05, 4.69) is 0 Å². The summed E-state index contributed by atoms with van der Waals surface area (Å²) in [5, 5.41) is 0. The molecule has 1 aromatic carbocycles. The van der Waals surface area contributed by atoms with Gasteiger partial charge in [0.1, 0.15) is 0 Å². The molecule has 1 aromatic rings. The van der Waals surface area contributed by atoms with Crippen LogP contribution in [0.25, 0.3) is 0 Å². The molecule has 2 nitrogen and oxygen atoms in total. The summed E-state index contributed by atoms with van der Waals surface area (Å²) in [5.41, 5.74) is 6.98. The van der Waals surface area contributed by atoms with Crippen LogP contribution in [0.15, 0.2) is 24.3 Å². The smallest absolute Gasteiger partial charge is 0.255 e. The summed E-state index contributed by atoms with van der Waals surface area (Å²) in [4.78, 5) is 1.62. The van der Waals surface area contributed by atoms with Crippen molar-refractivity contribution in [1.82, 2.24) is 0 Å². The van der Waals surface area contributed by atoms with Crippen LogP contribution in [0, 0.1) is 0 Å². The lowest BCUT2D eigenvalue weighted by atomic mass is 10.2. The number of nitrogens with two attached hydrogens (primary N) is 1. The maximum absolute atomic E-state index is 12.3. The van der Waals surface area contributed by atoms with E-state index in [1.165, 1.54) is 0 Å². The van der Waals surface area contributed by atoms with Crippen LogP contribution in [-0.2, 0) is 0 Å². The molecule has 0 unspecified atom stereocenters. The molecule has 0 heterocycles. The highest BCUT2D eigenvalue weighted by Gasteiger charge is 2.13. The molecule has 0 bridgehead atoms. The summed E-state index contributed by atoms with van der Waals surface area (Å²) >= 11 is 0. The molecule has 0 saturated carbocycles. The van der Waals surface area contributed by atoms with Gasteiger partial charge >= 0.3 is 0 Å². The molecule has 0 radical (unpaired) electrons. The first-order valence-corrected chi connectivity index (χ1v) is 5.02. The number of rotatable bonds is 5. The van der Waals surface area contributed by atoms with E-state index in [0.717, 1.165) is 6.42 Å². The molecule has 0 aliphatic heterocycles. The second kappa shape index (κ2) is 5.53. The van der Waals surface area contributed by atoms with E-state index in [1.54, 1.807) is 29.2 Å². The van der Waals surface area contributed by atoms with Crippen LogP contribution in [-0.4, -0.2) is 19.5 Å². The maximum atomic E-state index is 12.3. The molecule has 0 amide bonds. The monoisotopic (exact) mass is 214 g/mol. The second-order valence-corrected chi connectivity index (χ2v) is 3.40. The fourth-order valence-corrected chi connectivity index (χ4v) is 1.52. The number of hydrogen-bond donors (Lipinski definition) is 1. The van der Waals surface area contributed by atoms with Crippen LogP contribution in [0.2, 0.25) is 0 Å². The van der Waals surface area contributed by atoms with Crippen molar-refractivity contribution in [3.63, 3.8) is 0 Å². The third-order valence-corrected chi connectivity index (χ3v) is 2.13. The minimum absolute atomic E-state index is 0.262. The zero-order valence-electron chi connectivity index (χ0n) is 8.79. The lowest BCUT2D eigenvalue weighted by molar-refractivity contribution is 0.155. The molecule has 84 valence electrons. The van der Waals surface area contributed by atoms with E-state index < -0.39 is 6.43 Å². The van der Waals surface area contributed by atoms with Gasteiger partial charge in [0.2, 0.25) is 0 Å². The van der Waals surface area contributed by atoms with Crippen LogP contribution in [0.1, 0.15) is 13.3 Å². The topological polar surface area (TPSA) is 29.3 Å². The minimum atomic E-state index is -2.34. The summed E-state index contributed by atoms with van der Waals surface area (Å²) in [6.45, 7) is 2.29. The third-order valence-electron chi connectivity index (χ3n) is 2.13. The quantitative estimate of drug-likeness (QED) is 0.764. The molecule has 0 aliphatic rings. The third kappa shape index (κ3) is 3.38. The highest BCUT2D eigenvalue weighted by Crippen LogP contribution is 2.23. The zero-order valence-corrected chi connectivity index (χ0v) is 8.79. The van der Waals surface area contributed by atoms with Gasteiger partial charge in [-0.15, -0.1) is 0 Å². The van der Waals surface area contributed by atoms with Crippen LogP contribution in [0.3, 0.4) is 0 Å². The van der Waals surface area contributed by atoms with Crippen molar-refractivity contribution in [3.8, 4) is 0 Å². The van der Waals surface area contributed by atoms with E-state index in [9.17, 15) is 8.78 Å². The molecule has 0 saturated heterocycles. The van der Waals surface area contributed by atoms with Gasteiger partial charge in [-0.2, -0.15) is 0 Å². The molecule has 0 aromatic heterocycles. The van der Waals surface area contributed by atoms with Gasteiger partial charge < -0.3 is 10.6 Å². The van der Waals surface area contributed by atoms with Crippen molar-refractivity contribution >= 4 is 11.4 Å². The maximum Gasteiger partial charge on any atom is 0.255 e. The first kappa shape index (κ1) is 11.8. The van der Waals surface area contributed by atoms with Crippen molar-refractivity contribution in [2.75, 3.05) is 23.7 Å². The Morgan fingerprint density at radius 1 is 1.33 bits per heavy atom. The van der Waals surface area contributed by atoms with Crippen molar-refractivity contribution in [2.24, 2.45) is 0 Å². The molecule has 2 N–H and O–H groups in total. The number of anilines is 2. The molecular weight excluding hydrogens is 198 g/mol. The summed E-state index contributed by atoms with van der Waals surface area (Å²) in [5.74, 6) is 0. The zero-order chi connectivity index (χ0) is 11.3. The molecule has 15 heavy (non-hydrogen) atoms. The van der Waals surface area contributed by atoms with Gasteiger partial charge in [-0.1, -0.05) is 19.1 Å². The van der Waals surface area contributed by atoms with Crippen LogP contribution in [0.5, 0.6) is 0 Å². The van der Waals surface area contributed by atoms with Gasteiger partial charge in [0.25, 0.3) is 6.43 Å². The molecular formula is C11H16F2N2. The number of nitrogen functional groups attached to an aromatic ring is 1. The fourth-order valence-electron chi connectivity index (χ4n) is 1.52. The Morgan fingerprint density at radius 2 is 2.00 bits per heavy atom. The number of halogens is 2. The number of alkyl halides is 2. The van der Waals surface area contributed by atoms with E-state index in [4.69, 9.17) is 5.73 Å². The van der Waals surface area contributed by atoms with Gasteiger partial charge in [-0.05, 0) is 18.6 Å². The van der Waals surface area contributed by atoms with Gasteiger partial charge in [-0.25, -0.2) is 8.78 Å². The Morgan fingerprint density at radius 3 is 2.53 bits per heavy atom. The number of nitrogens with zero attached hydrogens (tertiary/aromatic N) is 1. The average Bonchev–Trinajstić information content (AvgIpc) is 2.17. The van der Waals surface area contributed by atoms with Crippen LogP contribution >= 0.6 is 0 Å². The van der Waals surface area contributed by atoms with Crippen LogP contribution in [0.4, 0.5) is 20.2 Å².